The van der Waals surface area contributed by atoms with Gasteiger partial charge in [0.05, 0.1) is 0 Å². The van der Waals surface area contributed by atoms with Crippen molar-refractivity contribution >= 4 is 9.76 Å². The van der Waals surface area contributed by atoms with Crippen LogP contribution in [0.5, 0.6) is 0 Å². The first-order valence-corrected chi connectivity index (χ1v) is 5.46. The van der Waals surface area contributed by atoms with Crippen molar-refractivity contribution in [2.75, 3.05) is 0 Å². The molecule has 9 heavy (non-hydrogen) atoms. The SMILES string of the molecule is CCCC[SiH2]OC(C)C. The molecule has 0 saturated heterocycles. The quantitative estimate of drug-likeness (QED) is 0.424. The first-order chi connectivity index (χ1) is 4.27. The molecule has 0 aliphatic heterocycles. The zero-order chi connectivity index (χ0) is 7.11. The standard InChI is InChI=1S/C7H18OSi/c1-4-5-6-9-8-7(2)3/h7H,4-6,9H2,1-3H3. The van der Waals surface area contributed by atoms with E-state index in [0.717, 1.165) is 0 Å². The summed E-state index contributed by atoms with van der Waals surface area (Å²) < 4.78 is 5.48. The molecule has 0 aliphatic carbocycles. The molecule has 0 saturated carbocycles. The van der Waals surface area contributed by atoms with Crippen LogP contribution >= 0.6 is 0 Å². The van der Waals surface area contributed by atoms with Crippen molar-refractivity contribution in [3.8, 4) is 0 Å². The summed E-state index contributed by atoms with van der Waals surface area (Å²) >= 11 is 0. The highest BCUT2D eigenvalue weighted by molar-refractivity contribution is 6.27. The average Bonchev–Trinajstić information content (AvgIpc) is 1.80. The lowest BCUT2D eigenvalue weighted by Gasteiger charge is -2.05. The van der Waals surface area contributed by atoms with Gasteiger partial charge in [-0.25, -0.2) is 0 Å². The molecule has 1 nitrogen and oxygen atoms in total. The van der Waals surface area contributed by atoms with Crippen LogP contribution in [0.4, 0.5) is 0 Å². The first-order valence-electron chi connectivity index (χ1n) is 3.89. The van der Waals surface area contributed by atoms with Gasteiger partial charge in [0.2, 0.25) is 0 Å². The molecule has 0 atom stereocenters. The van der Waals surface area contributed by atoms with E-state index in [0.29, 0.717) is 6.10 Å². The van der Waals surface area contributed by atoms with Crippen LogP contribution in [-0.4, -0.2) is 15.9 Å². The van der Waals surface area contributed by atoms with Crippen LogP contribution in [0.25, 0.3) is 0 Å². The van der Waals surface area contributed by atoms with Gasteiger partial charge >= 0.3 is 0 Å². The Balaban J connectivity index is 2.75. The number of hydrogen-bond acceptors (Lipinski definition) is 1. The lowest BCUT2D eigenvalue weighted by atomic mass is 10.4. The molecule has 0 spiro atoms. The molecule has 0 N–H and O–H groups in total. The predicted octanol–water partition coefficient (Wildman–Crippen LogP) is 1.71. The number of unbranched alkanes of at least 4 members (excludes halogenated alkanes) is 1. The number of hydrogen-bond donors (Lipinski definition) is 0. The van der Waals surface area contributed by atoms with Crippen LogP contribution < -0.4 is 0 Å². The van der Waals surface area contributed by atoms with Crippen LogP contribution in [0, 0.1) is 0 Å². The summed E-state index contributed by atoms with van der Waals surface area (Å²) in [5.41, 5.74) is 0. The Hall–Kier alpha value is 0.177. The van der Waals surface area contributed by atoms with E-state index >= 15 is 0 Å². The van der Waals surface area contributed by atoms with Crippen molar-refractivity contribution in [1.29, 1.82) is 0 Å². The van der Waals surface area contributed by atoms with E-state index in [1.165, 1.54) is 18.9 Å². The highest BCUT2D eigenvalue weighted by Crippen LogP contribution is 1.95. The molecule has 0 bridgehead atoms. The second-order valence-corrected chi connectivity index (χ2v) is 4.08. The van der Waals surface area contributed by atoms with Gasteiger partial charge in [0.15, 0.2) is 9.76 Å². The second-order valence-electron chi connectivity index (χ2n) is 2.63. The summed E-state index contributed by atoms with van der Waals surface area (Å²) in [6.07, 6.45) is 3.14. The lowest BCUT2D eigenvalue weighted by molar-refractivity contribution is 0.255. The Bertz CT molecular complexity index is 54.9. The second kappa shape index (κ2) is 6.30. The molecule has 0 rings (SSSR count). The fraction of sp³-hybridized carbons (Fsp3) is 1.00. The summed E-state index contributed by atoms with van der Waals surface area (Å²) in [6, 6.07) is 1.36. The highest BCUT2D eigenvalue weighted by atomic mass is 28.2. The summed E-state index contributed by atoms with van der Waals surface area (Å²) in [5.74, 6) is 0. The van der Waals surface area contributed by atoms with Gasteiger partial charge in [0.25, 0.3) is 0 Å². The van der Waals surface area contributed by atoms with Crippen LogP contribution in [0.1, 0.15) is 33.6 Å². The minimum Gasteiger partial charge on any atom is -0.422 e. The fourth-order valence-electron chi connectivity index (χ4n) is 0.671. The Kier molecular flexibility index (Phi) is 6.42. The van der Waals surface area contributed by atoms with E-state index in [1.54, 1.807) is 0 Å². The first kappa shape index (κ1) is 9.18. The maximum absolute atomic E-state index is 5.48. The van der Waals surface area contributed by atoms with Gasteiger partial charge in [-0.2, -0.15) is 0 Å². The van der Waals surface area contributed by atoms with Gasteiger partial charge in [-0.05, 0) is 19.9 Å². The maximum atomic E-state index is 5.48. The van der Waals surface area contributed by atoms with Crippen LogP contribution in [0.15, 0.2) is 0 Å². The average molecular weight is 146 g/mol. The normalized spacial score (nSPS) is 12.0. The third kappa shape index (κ3) is 8.18. The Morgan fingerprint density at radius 3 is 2.56 bits per heavy atom. The molecular weight excluding hydrogens is 128 g/mol. The van der Waals surface area contributed by atoms with Gasteiger partial charge in [-0.3, -0.25) is 0 Å². The van der Waals surface area contributed by atoms with Crippen molar-refractivity contribution in [2.45, 2.75) is 45.8 Å². The third-order valence-corrected chi connectivity index (χ3v) is 2.89. The minimum absolute atomic E-state index is 0.147. The fourth-order valence-corrected chi connectivity index (χ4v) is 2.01. The maximum Gasteiger partial charge on any atom is 0.161 e. The number of rotatable bonds is 5. The molecule has 0 aromatic rings. The molecule has 56 valence electrons. The zero-order valence-electron chi connectivity index (χ0n) is 6.81. The zero-order valence-corrected chi connectivity index (χ0v) is 8.23. The molecule has 0 aliphatic rings. The summed E-state index contributed by atoms with van der Waals surface area (Å²) in [7, 11) is -0.147. The molecular formula is C7H18OSi. The molecule has 0 amide bonds. The van der Waals surface area contributed by atoms with E-state index < -0.39 is 0 Å². The van der Waals surface area contributed by atoms with Crippen molar-refractivity contribution in [1.82, 2.24) is 0 Å². The van der Waals surface area contributed by atoms with Crippen LogP contribution in [-0.2, 0) is 4.43 Å². The van der Waals surface area contributed by atoms with E-state index in [2.05, 4.69) is 20.8 Å². The molecule has 0 aromatic heterocycles. The van der Waals surface area contributed by atoms with Crippen molar-refractivity contribution < 1.29 is 4.43 Å². The van der Waals surface area contributed by atoms with E-state index in [1.807, 2.05) is 0 Å². The lowest BCUT2D eigenvalue weighted by Crippen LogP contribution is -2.06. The Morgan fingerprint density at radius 1 is 1.44 bits per heavy atom. The smallest absolute Gasteiger partial charge is 0.161 e. The van der Waals surface area contributed by atoms with Crippen molar-refractivity contribution in [3.63, 3.8) is 0 Å². The van der Waals surface area contributed by atoms with Crippen molar-refractivity contribution in [3.05, 3.63) is 0 Å². The van der Waals surface area contributed by atoms with E-state index in [-0.39, 0.29) is 9.76 Å². The molecule has 0 heterocycles. The van der Waals surface area contributed by atoms with E-state index in [9.17, 15) is 0 Å². The van der Waals surface area contributed by atoms with Gasteiger partial charge in [0, 0.05) is 6.10 Å². The topological polar surface area (TPSA) is 9.23 Å². The largest absolute Gasteiger partial charge is 0.422 e. The van der Waals surface area contributed by atoms with Crippen LogP contribution in [0.3, 0.4) is 0 Å². The van der Waals surface area contributed by atoms with Crippen LogP contribution in [0.2, 0.25) is 6.04 Å². The Morgan fingerprint density at radius 2 is 2.11 bits per heavy atom. The monoisotopic (exact) mass is 146 g/mol. The van der Waals surface area contributed by atoms with Gasteiger partial charge < -0.3 is 4.43 Å². The molecule has 0 radical (unpaired) electrons. The van der Waals surface area contributed by atoms with Crippen molar-refractivity contribution in [2.24, 2.45) is 0 Å². The highest BCUT2D eigenvalue weighted by Gasteiger charge is 1.91. The summed E-state index contributed by atoms with van der Waals surface area (Å²) in [4.78, 5) is 0. The van der Waals surface area contributed by atoms with Gasteiger partial charge in [0.1, 0.15) is 0 Å². The third-order valence-electron chi connectivity index (χ3n) is 1.20. The Labute approximate surface area is 60.7 Å². The predicted molar refractivity (Wildman–Crippen MR) is 44.5 cm³/mol. The summed E-state index contributed by atoms with van der Waals surface area (Å²) in [5, 5.41) is 0. The molecule has 2 heteroatoms. The van der Waals surface area contributed by atoms with Gasteiger partial charge in [-0.15, -0.1) is 0 Å². The van der Waals surface area contributed by atoms with Gasteiger partial charge in [-0.1, -0.05) is 19.8 Å². The minimum atomic E-state index is -0.147. The molecule has 0 fully saturated rings. The summed E-state index contributed by atoms with van der Waals surface area (Å²) in [6.45, 7) is 6.45. The molecule has 0 unspecified atom stereocenters. The molecule has 0 aromatic carbocycles. The van der Waals surface area contributed by atoms with E-state index in [4.69, 9.17) is 4.43 Å².